The molecular weight excluding hydrogens is 338 g/mol. The topological polar surface area (TPSA) is 3.88 Å². The fourth-order valence-electron chi connectivity index (χ4n) is 2.93. The number of aromatic nitrogens is 1. The van der Waals surface area contributed by atoms with Crippen molar-refractivity contribution in [2.75, 3.05) is 0 Å². The average Bonchev–Trinajstić information content (AvgIpc) is 2.71. The standard InChI is InChI=1S/C17H30N.C7H7Cl/c1-2-3-4-5-6-7-8-9-10-12-15-18-16-13-11-14-17-18;8-6-7-4-2-1-3-5-7/h11,13-14,16-17H,2-10,12,15H2,1H3;1-5H,6H2/q+1;. The Kier molecular flexibility index (Phi) is 14.9. The van der Waals surface area contributed by atoms with Crippen LogP contribution in [-0.2, 0) is 12.4 Å². The first-order valence-corrected chi connectivity index (χ1v) is 10.9. The van der Waals surface area contributed by atoms with Crippen LogP contribution < -0.4 is 4.57 Å². The van der Waals surface area contributed by atoms with Gasteiger partial charge in [-0.25, -0.2) is 4.57 Å². The minimum atomic E-state index is 0.612. The second kappa shape index (κ2) is 17.1. The number of alkyl halides is 1. The number of benzene rings is 1. The number of hydrogen-bond donors (Lipinski definition) is 0. The van der Waals surface area contributed by atoms with Gasteiger partial charge in [-0.2, -0.15) is 0 Å². The zero-order valence-corrected chi connectivity index (χ0v) is 17.3. The van der Waals surface area contributed by atoms with Gasteiger partial charge in [-0.1, -0.05) is 94.7 Å². The molecule has 2 rings (SSSR count). The molecule has 144 valence electrons. The lowest BCUT2D eigenvalue weighted by atomic mass is 10.1. The van der Waals surface area contributed by atoms with Crippen LogP contribution in [0.1, 0.15) is 76.7 Å². The number of hydrogen-bond acceptors (Lipinski definition) is 0. The van der Waals surface area contributed by atoms with E-state index in [0.717, 1.165) is 0 Å². The Bertz CT molecular complexity index is 512. The first kappa shape index (κ1) is 22.7. The van der Waals surface area contributed by atoms with E-state index in [1.165, 1.54) is 76.3 Å². The molecule has 0 amide bonds. The van der Waals surface area contributed by atoms with E-state index in [4.69, 9.17) is 11.6 Å². The second-order valence-corrected chi connectivity index (χ2v) is 7.18. The Morgan fingerprint density at radius 2 is 1.15 bits per heavy atom. The van der Waals surface area contributed by atoms with Gasteiger partial charge in [-0.05, 0) is 12.0 Å². The number of unbranched alkanes of at least 4 members (excludes halogenated alkanes) is 9. The summed E-state index contributed by atoms with van der Waals surface area (Å²) in [5, 5.41) is 0. The number of rotatable bonds is 12. The van der Waals surface area contributed by atoms with Crippen LogP contribution in [0, 0.1) is 0 Å². The quantitative estimate of drug-likeness (QED) is 0.208. The van der Waals surface area contributed by atoms with Gasteiger partial charge in [-0.15, -0.1) is 11.6 Å². The van der Waals surface area contributed by atoms with Gasteiger partial charge >= 0.3 is 0 Å². The molecule has 1 aromatic carbocycles. The van der Waals surface area contributed by atoms with Gasteiger partial charge < -0.3 is 0 Å². The highest BCUT2D eigenvalue weighted by Crippen LogP contribution is 2.10. The summed E-state index contributed by atoms with van der Waals surface area (Å²) in [4.78, 5) is 0. The molecule has 0 atom stereocenters. The normalized spacial score (nSPS) is 10.2. The first-order valence-electron chi connectivity index (χ1n) is 10.4. The van der Waals surface area contributed by atoms with Gasteiger partial charge in [0.05, 0.1) is 0 Å². The van der Waals surface area contributed by atoms with Gasteiger partial charge in [0.1, 0.15) is 6.54 Å². The van der Waals surface area contributed by atoms with Crippen molar-refractivity contribution in [2.24, 2.45) is 0 Å². The van der Waals surface area contributed by atoms with E-state index in [1.54, 1.807) is 0 Å². The van der Waals surface area contributed by atoms with Crippen molar-refractivity contribution in [3.05, 3.63) is 66.5 Å². The van der Waals surface area contributed by atoms with Crippen LogP contribution in [0.15, 0.2) is 60.9 Å². The summed E-state index contributed by atoms with van der Waals surface area (Å²) in [7, 11) is 0. The fraction of sp³-hybridized carbons (Fsp3) is 0.542. The Labute approximate surface area is 166 Å². The van der Waals surface area contributed by atoms with Gasteiger partial charge in [-0.3, -0.25) is 0 Å². The highest BCUT2D eigenvalue weighted by Gasteiger charge is 1.97. The molecule has 0 saturated heterocycles. The summed E-state index contributed by atoms with van der Waals surface area (Å²) in [5.41, 5.74) is 1.18. The Morgan fingerprint density at radius 3 is 1.65 bits per heavy atom. The molecule has 0 unspecified atom stereocenters. The van der Waals surface area contributed by atoms with Gasteiger partial charge in [0.2, 0.25) is 0 Å². The monoisotopic (exact) mass is 374 g/mol. The highest BCUT2D eigenvalue weighted by atomic mass is 35.5. The van der Waals surface area contributed by atoms with E-state index in [-0.39, 0.29) is 0 Å². The third kappa shape index (κ3) is 12.9. The molecule has 1 nitrogen and oxygen atoms in total. The van der Waals surface area contributed by atoms with Crippen molar-refractivity contribution >= 4 is 11.6 Å². The van der Waals surface area contributed by atoms with E-state index in [1.807, 2.05) is 30.3 Å². The molecule has 0 radical (unpaired) electrons. The largest absolute Gasteiger partial charge is 0.205 e. The van der Waals surface area contributed by atoms with Crippen LogP contribution in [0.25, 0.3) is 0 Å². The maximum absolute atomic E-state index is 5.53. The number of halogens is 1. The summed E-state index contributed by atoms with van der Waals surface area (Å²) in [6, 6.07) is 16.3. The van der Waals surface area contributed by atoms with Crippen molar-refractivity contribution in [1.29, 1.82) is 0 Å². The predicted octanol–water partition coefficient (Wildman–Crippen LogP) is 7.32. The minimum absolute atomic E-state index is 0.612. The summed E-state index contributed by atoms with van der Waals surface area (Å²) in [6.45, 7) is 3.46. The summed E-state index contributed by atoms with van der Waals surface area (Å²) in [5.74, 6) is 0.612. The van der Waals surface area contributed by atoms with Gasteiger partial charge in [0.15, 0.2) is 12.4 Å². The molecule has 0 fully saturated rings. The van der Waals surface area contributed by atoms with E-state index >= 15 is 0 Å². The lowest BCUT2D eigenvalue weighted by Crippen LogP contribution is -2.32. The van der Waals surface area contributed by atoms with Crippen LogP contribution in [0.2, 0.25) is 0 Å². The molecule has 2 heteroatoms. The smallest absolute Gasteiger partial charge is 0.168 e. The van der Waals surface area contributed by atoms with E-state index in [9.17, 15) is 0 Å². The Morgan fingerprint density at radius 1 is 0.654 bits per heavy atom. The molecule has 1 heterocycles. The molecule has 26 heavy (non-hydrogen) atoms. The molecule has 0 aliphatic heterocycles. The number of pyridine rings is 1. The maximum atomic E-state index is 5.53. The number of nitrogens with zero attached hydrogens (tertiary/aromatic N) is 1. The molecule has 1 aromatic heterocycles. The predicted molar refractivity (Wildman–Crippen MR) is 114 cm³/mol. The van der Waals surface area contributed by atoms with Crippen LogP contribution in [0.3, 0.4) is 0 Å². The third-order valence-corrected chi connectivity index (χ3v) is 4.85. The lowest BCUT2D eigenvalue weighted by Gasteiger charge is -2.01. The van der Waals surface area contributed by atoms with Crippen molar-refractivity contribution < 1.29 is 4.57 Å². The molecule has 0 N–H and O–H groups in total. The fourth-order valence-corrected chi connectivity index (χ4v) is 3.11. The number of aryl methyl sites for hydroxylation is 1. The van der Waals surface area contributed by atoms with Crippen molar-refractivity contribution in [2.45, 2.75) is 83.6 Å². The zero-order valence-electron chi connectivity index (χ0n) is 16.6. The molecule has 0 aliphatic rings. The zero-order chi connectivity index (χ0) is 18.7. The van der Waals surface area contributed by atoms with Crippen LogP contribution in [0.5, 0.6) is 0 Å². The lowest BCUT2D eigenvalue weighted by molar-refractivity contribution is -0.697. The van der Waals surface area contributed by atoms with Gasteiger partial charge in [0.25, 0.3) is 0 Å². The molecule has 0 bridgehead atoms. The molecule has 2 aromatic rings. The second-order valence-electron chi connectivity index (χ2n) is 6.91. The molecule has 0 saturated carbocycles. The van der Waals surface area contributed by atoms with Crippen LogP contribution in [-0.4, -0.2) is 0 Å². The van der Waals surface area contributed by atoms with E-state index < -0.39 is 0 Å². The highest BCUT2D eigenvalue weighted by molar-refractivity contribution is 6.17. The maximum Gasteiger partial charge on any atom is 0.168 e. The molecule has 0 spiro atoms. The Hall–Kier alpha value is -1.34. The first-order chi connectivity index (χ1) is 12.9. The van der Waals surface area contributed by atoms with Crippen LogP contribution in [0.4, 0.5) is 0 Å². The summed E-state index contributed by atoms with van der Waals surface area (Å²) in [6.07, 6.45) is 18.5. The van der Waals surface area contributed by atoms with Crippen molar-refractivity contribution in [3.63, 3.8) is 0 Å². The van der Waals surface area contributed by atoms with Crippen molar-refractivity contribution in [3.8, 4) is 0 Å². The van der Waals surface area contributed by atoms with Crippen molar-refractivity contribution in [1.82, 2.24) is 0 Å². The SMILES string of the molecule is CCCCCCCCCCCC[n+]1ccccc1.ClCc1ccccc1. The van der Waals surface area contributed by atoms with E-state index in [0.29, 0.717) is 5.88 Å². The molecular formula is C24H37ClN+. The average molecular weight is 375 g/mol. The summed E-state index contributed by atoms with van der Waals surface area (Å²) >= 11 is 5.53. The molecule has 0 aliphatic carbocycles. The van der Waals surface area contributed by atoms with Gasteiger partial charge in [0, 0.05) is 24.4 Å². The van der Waals surface area contributed by atoms with Crippen LogP contribution >= 0.6 is 11.6 Å². The third-order valence-electron chi connectivity index (χ3n) is 4.54. The summed E-state index contributed by atoms with van der Waals surface area (Å²) < 4.78 is 2.28. The Balaban J connectivity index is 0.000000350. The minimum Gasteiger partial charge on any atom is -0.205 e. The van der Waals surface area contributed by atoms with E-state index in [2.05, 4.69) is 42.1 Å².